The summed E-state index contributed by atoms with van der Waals surface area (Å²) >= 11 is 0. The Morgan fingerprint density at radius 1 is 1.32 bits per heavy atom. The van der Waals surface area contributed by atoms with Crippen LogP contribution in [0.3, 0.4) is 0 Å². The Kier molecular flexibility index (Phi) is 3.11. The third-order valence-electron chi connectivity index (χ3n) is 4.46. The summed E-state index contributed by atoms with van der Waals surface area (Å²) in [7, 11) is 2.15. The number of hydrogen-bond acceptors (Lipinski definition) is 2. The second-order valence-electron chi connectivity index (χ2n) is 5.69. The zero-order valence-electron chi connectivity index (χ0n) is 12.1. The molecule has 0 saturated carbocycles. The summed E-state index contributed by atoms with van der Waals surface area (Å²) in [5.74, 6) is 0. The quantitative estimate of drug-likeness (QED) is 0.888. The van der Waals surface area contributed by atoms with Gasteiger partial charge in [0, 0.05) is 42.8 Å². The standard InChI is InChI=1S/C16H23N3/c1-4-5-14(17)16-10(2)19(3)15-7-12-9-18-8-11(12)6-13(15)16/h6-7,14,18H,4-5,8-9,17H2,1-3H3. The van der Waals surface area contributed by atoms with Crippen molar-refractivity contribution in [3.8, 4) is 0 Å². The van der Waals surface area contributed by atoms with Crippen molar-refractivity contribution in [1.29, 1.82) is 0 Å². The lowest BCUT2D eigenvalue weighted by Crippen LogP contribution is -2.11. The lowest BCUT2D eigenvalue weighted by Gasteiger charge is -2.11. The van der Waals surface area contributed by atoms with Crippen LogP contribution in [-0.4, -0.2) is 4.57 Å². The first kappa shape index (κ1) is 12.7. The van der Waals surface area contributed by atoms with Crippen LogP contribution in [0.15, 0.2) is 12.1 Å². The third-order valence-corrected chi connectivity index (χ3v) is 4.46. The Hall–Kier alpha value is -1.32. The number of hydrogen-bond donors (Lipinski definition) is 2. The van der Waals surface area contributed by atoms with Gasteiger partial charge in [0.05, 0.1) is 0 Å². The topological polar surface area (TPSA) is 43.0 Å². The van der Waals surface area contributed by atoms with Crippen molar-refractivity contribution >= 4 is 10.9 Å². The lowest BCUT2D eigenvalue weighted by atomic mass is 9.98. The summed E-state index contributed by atoms with van der Waals surface area (Å²) in [4.78, 5) is 0. The molecule has 1 aromatic carbocycles. The van der Waals surface area contributed by atoms with Crippen molar-refractivity contribution in [3.05, 3.63) is 34.5 Å². The molecule has 3 heteroatoms. The van der Waals surface area contributed by atoms with Crippen LogP contribution >= 0.6 is 0 Å². The van der Waals surface area contributed by atoms with Gasteiger partial charge in [-0.2, -0.15) is 0 Å². The molecule has 2 aromatic rings. The van der Waals surface area contributed by atoms with E-state index in [4.69, 9.17) is 5.73 Å². The average Bonchev–Trinajstić information content (AvgIpc) is 2.92. The summed E-state index contributed by atoms with van der Waals surface area (Å²) in [6, 6.07) is 4.84. The van der Waals surface area contributed by atoms with Crippen molar-refractivity contribution in [2.75, 3.05) is 0 Å². The molecule has 1 aliphatic heterocycles. The molecule has 0 fully saturated rings. The van der Waals surface area contributed by atoms with Crippen molar-refractivity contribution < 1.29 is 0 Å². The van der Waals surface area contributed by atoms with Crippen LogP contribution in [0.2, 0.25) is 0 Å². The number of rotatable bonds is 3. The fourth-order valence-electron chi connectivity index (χ4n) is 3.31. The number of aromatic nitrogens is 1. The number of nitrogens with two attached hydrogens (primary N) is 1. The van der Waals surface area contributed by atoms with Gasteiger partial charge in [0.15, 0.2) is 0 Å². The predicted molar refractivity (Wildman–Crippen MR) is 80.0 cm³/mol. The van der Waals surface area contributed by atoms with Gasteiger partial charge >= 0.3 is 0 Å². The maximum atomic E-state index is 6.40. The molecule has 102 valence electrons. The van der Waals surface area contributed by atoms with E-state index in [-0.39, 0.29) is 6.04 Å². The predicted octanol–water partition coefficient (Wildman–Crippen LogP) is 2.89. The molecule has 3 N–H and O–H groups in total. The van der Waals surface area contributed by atoms with Gasteiger partial charge in [-0.1, -0.05) is 13.3 Å². The highest BCUT2D eigenvalue weighted by molar-refractivity contribution is 5.87. The monoisotopic (exact) mass is 257 g/mol. The van der Waals surface area contributed by atoms with Gasteiger partial charge in [0.1, 0.15) is 0 Å². The lowest BCUT2D eigenvalue weighted by molar-refractivity contribution is 0.635. The Labute approximate surface area is 114 Å². The van der Waals surface area contributed by atoms with Crippen LogP contribution < -0.4 is 11.1 Å². The summed E-state index contributed by atoms with van der Waals surface area (Å²) in [6.45, 7) is 6.36. The summed E-state index contributed by atoms with van der Waals surface area (Å²) in [5, 5.41) is 4.77. The Balaban J connectivity index is 2.23. The first-order chi connectivity index (χ1) is 9.13. The first-order valence-corrected chi connectivity index (χ1v) is 7.20. The van der Waals surface area contributed by atoms with Gasteiger partial charge < -0.3 is 15.6 Å². The largest absolute Gasteiger partial charge is 0.348 e. The number of benzene rings is 1. The molecular weight excluding hydrogens is 234 g/mol. The molecule has 3 nitrogen and oxygen atoms in total. The van der Waals surface area contributed by atoms with Crippen LogP contribution in [0, 0.1) is 6.92 Å². The van der Waals surface area contributed by atoms with Gasteiger partial charge in [-0.15, -0.1) is 0 Å². The molecule has 1 unspecified atom stereocenters. The molecule has 2 heterocycles. The number of aryl methyl sites for hydroxylation is 1. The molecule has 3 rings (SSSR count). The number of nitrogens with zero attached hydrogens (tertiary/aromatic N) is 1. The van der Waals surface area contributed by atoms with Crippen LogP contribution in [-0.2, 0) is 20.1 Å². The van der Waals surface area contributed by atoms with E-state index in [0.29, 0.717) is 0 Å². The zero-order valence-corrected chi connectivity index (χ0v) is 12.1. The normalized spacial score (nSPS) is 16.0. The molecule has 1 aromatic heterocycles. The van der Waals surface area contributed by atoms with E-state index in [1.165, 1.54) is 33.3 Å². The summed E-state index contributed by atoms with van der Waals surface area (Å²) < 4.78 is 2.29. The zero-order chi connectivity index (χ0) is 13.6. The van der Waals surface area contributed by atoms with Gasteiger partial charge in [-0.25, -0.2) is 0 Å². The van der Waals surface area contributed by atoms with E-state index in [9.17, 15) is 0 Å². The van der Waals surface area contributed by atoms with Gasteiger partial charge in [0.25, 0.3) is 0 Å². The molecule has 0 spiro atoms. The molecule has 0 aliphatic carbocycles. The van der Waals surface area contributed by atoms with Crippen LogP contribution in [0.4, 0.5) is 0 Å². The molecule has 0 bridgehead atoms. The Bertz CT molecular complexity index is 625. The molecule has 19 heavy (non-hydrogen) atoms. The maximum Gasteiger partial charge on any atom is 0.0486 e. The Morgan fingerprint density at radius 2 is 2.00 bits per heavy atom. The fourth-order valence-corrected chi connectivity index (χ4v) is 3.31. The van der Waals surface area contributed by atoms with Crippen molar-refractivity contribution in [2.24, 2.45) is 12.8 Å². The van der Waals surface area contributed by atoms with Gasteiger partial charge in [-0.05, 0) is 42.2 Å². The minimum Gasteiger partial charge on any atom is -0.348 e. The minimum atomic E-state index is 0.154. The molecule has 1 atom stereocenters. The molecule has 0 radical (unpaired) electrons. The van der Waals surface area contributed by atoms with Crippen LogP contribution in [0.1, 0.15) is 48.2 Å². The highest BCUT2D eigenvalue weighted by atomic mass is 15.0. The van der Waals surface area contributed by atoms with E-state index in [0.717, 1.165) is 25.9 Å². The van der Waals surface area contributed by atoms with Crippen molar-refractivity contribution in [2.45, 2.75) is 45.8 Å². The van der Waals surface area contributed by atoms with E-state index >= 15 is 0 Å². The molecule has 1 aliphatic rings. The van der Waals surface area contributed by atoms with Gasteiger partial charge in [0.2, 0.25) is 0 Å². The molecule has 0 saturated heterocycles. The summed E-state index contributed by atoms with van der Waals surface area (Å²) in [5.41, 5.74) is 13.2. The highest BCUT2D eigenvalue weighted by Crippen LogP contribution is 2.33. The van der Waals surface area contributed by atoms with Crippen molar-refractivity contribution in [3.63, 3.8) is 0 Å². The second kappa shape index (κ2) is 4.66. The number of fused-ring (bicyclic) bond motifs is 2. The van der Waals surface area contributed by atoms with Crippen LogP contribution in [0.5, 0.6) is 0 Å². The number of nitrogens with one attached hydrogen (secondary N) is 1. The van der Waals surface area contributed by atoms with Crippen molar-refractivity contribution in [1.82, 2.24) is 9.88 Å². The maximum absolute atomic E-state index is 6.40. The first-order valence-electron chi connectivity index (χ1n) is 7.20. The van der Waals surface area contributed by atoms with E-state index in [1.807, 2.05) is 0 Å². The average molecular weight is 257 g/mol. The SMILES string of the molecule is CCCC(N)c1c(C)n(C)c2cc3c(cc12)CNC3. The highest BCUT2D eigenvalue weighted by Gasteiger charge is 2.20. The van der Waals surface area contributed by atoms with Gasteiger partial charge in [-0.3, -0.25) is 0 Å². The third kappa shape index (κ3) is 1.88. The van der Waals surface area contributed by atoms with Crippen LogP contribution in [0.25, 0.3) is 10.9 Å². The fraction of sp³-hybridized carbons (Fsp3) is 0.500. The summed E-state index contributed by atoms with van der Waals surface area (Å²) in [6.07, 6.45) is 2.18. The van der Waals surface area contributed by atoms with E-state index in [2.05, 4.69) is 42.9 Å². The molecular formula is C16H23N3. The minimum absolute atomic E-state index is 0.154. The second-order valence-corrected chi connectivity index (χ2v) is 5.69. The molecule has 0 amide bonds. The smallest absolute Gasteiger partial charge is 0.0486 e. The van der Waals surface area contributed by atoms with E-state index < -0.39 is 0 Å². The Morgan fingerprint density at radius 3 is 2.68 bits per heavy atom. The van der Waals surface area contributed by atoms with E-state index in [1.54, 1.807) is 0 Å².